The minimum absolute atomic E-state index is 0.0195. The summed E-state index contributed by atoms with van der Waals surface area (Å²) in [7, 11) is 0. The molecule has 4 nitrogen and oxygen atoms in total. The second-order valence-electron chi connectivity index (χ2n) is 6.50. The Kier molecular flexibility index (Phi) is 4.75. The van der Waals surface area contributed by atoms with E-state index in [1.54, 1.807) is 11.0 Å². The van der Waals surface area contributed by atoms with Crippen LogP contribution in [0.4, 0.5) is 4.39 Å². The summed E-state index contributed by atoms with van der Waals surface area (Å²) in [5.41, 5.74) is 1.26. The number of hydrogen-bond donors (Lipinski definition) is 0. The first-order valence-electron chi connectivity index (χ1n) is 8.55. The molecular weight excluding hydrogens is 361 g/mol. The number of carbonyl (C=O) groups excluding carboxylic acids is 1. The Hall–Kier alpha value is -1.50. The number of halogens is 2. The van der Waals surface area contributed by atoms with Crippen molar-refractivity contribution in [2.24, 2.45) is 0 Å². The molecule has 132 valence electrons. The highest BCUT2D eigenvalue weighted by molar-refractivity contribution is 7.11. The lowest BCUT2D eigenvalue weighted by Gasteiger charge is -2.34. The Morgan fingerprint density at radius 1 is 1.24 bits per heavy atom. The van der Waals surface area contributed by atoms with Crippen LogP contribution >= 0.6 is 22.9 Å². The number of piperazine rings is 1. The maximum Gasteiger partial charge on any atom is 0.258 e. The van der Waals surface area contributed by atoms with Crippen LogP contribution in [0, 0.1) is 5.82 Å². The Labute approximate surface area is 155 Å². The molecule has 1 amide bonds. The first kappa shape index (κ1) is 16.9. The van der Waals surface area contributed by atoms with E-state index in [1.165, 1.54) is 40.6 Å². The van der Waals surface area contributed by atoms with Crippen molar-refractivity contribution in [1.29, 1.82) is 0 Å². The monoisotopic (exact) mass is 379 g/mol. The molecule has 0 N–H and O–H groups in total. The van der Waals surface area contributed by atoms with Gasteiger partial charge in [-0.2, -0.15) is 0 Å². The fourth-order valence-corrected chi connectivity index (χ4v) is 4.92. The van der Waals surface area contributed by atoms with Gasteiger partial charge in [-0.15, -0.1) is 11.3 Å². The van der Waals surface area contributed by atoms with Gasteiger partial charge in [0.05, 0.1) is 22.8 Å². The van der Waals surface area contributed by atoms with Gasteiger partial charge in [0.15, 0.2) is 0 Å². The SMILES string of the molecule is O=C(c1c(F)cccc1Cl)N1CCN(Cc2nc3c(s2)CCC3)CC1. The van der Waals surface area contributed by atoms with Crippen molar-refractivity contribution in [3.05, 3.63) is 50.2 Å². The van der Waals surface area contributed by atoms with Gasteiger partial charge < -0.3 is 4.90 Å². The number of amides is 1. The van der Waals surface area contributed by atoms with Crippen LogP contribution in [-0.4, -0.2) is 46.9 Å². The molecule has 1 aromatic carbocycles. The second-order valence-corrected chi connectivity index (χ2v) is 8.07. The zero-order valence-electron chi connectivity index (χ0n) is 13.8. The predicted octanol–water partition coefficient (Wildman–Crippen LogP) is 3.38. The summed E-state index contributed by atoms with van der Waals surface area (Å²) in [5, 5.41) is 1.34. The highest BCUT2D eigenvalue weighted by Gasteiger charge is 2.26. The summed E-state index contributed by atoms with van der Waals surface area (Å²) < 4.78 is 14.0. The van der Waals surface area contributed by atoms with Crippen LogP contribution in [0.2, 0.25) is 5.02 Å². The molecule has 1 saturated heterocycles. The Balaban J connectivity index is 1.37. The fourth-order valence-electron chi connectivity index (χ4n) is 3.47. The number of aryl methyl sites for hydroxylation is 2. The van der Waals surface area contributed by atoms with Gasteiger partial charge in [0, 0.05) is 31.1 Å². The van der Waals surface area contributed by atoms with E-state index in [0.29, 0.717) is 13.1 Å². The second kappa shape index (κ2) is 7.02. The van der Waals surface area contributed by atoms with E-state index in [2.05, 4.69) is 4.90 Å². The highest BCUT2D eigenvalue weighted by atomic mass is 35.5. The maximum atomic E-state index is 14.0. The van der Waals surface area contributed by atoms with E-state index >= 15 is 0 Å². The molecule has 0 radical (unpaired) electrons. The number of carbonyl (C=O) groups is 1. The van der Waals surface area contributed by atoms with E-state index in [9.17, 15) is 9.18 Å². The molecule has 1 fully saturated rings. The fraction of sp³-hybridized carbons (Fsp3) is 0.444. The summed E-state index contributed by atoms with van der Waals surface area (Å²) >= 11 is 7.83. The average molecular weight is 380 g/mol. The van der Waals surface area contributed by atoms with Crippen molar-refractivity contribution in [1.82, 2.24) is 14.8 Å². The van der Waals surface area contributed by atoms with E-state index in [4.69, 9.17) is 16.6 Å². The third kappa shape index (κ3) is 3.43. The minimum atomic E-state index is -0.558. The van der Waals surface area contributed by atoms with E-state index in [-0.39, 0.29) is 16.5 Å². The van der Waals surface area contributed by atoms with Gasteiger partial charge in [-0.25, -0.2) is 9.37 Å². The summed E-state index contributed by atoms with van der Waals surface area (Å²) in [6.07, 6.45) is 3.50. The quantitative estimate of drug-likeness (QED) is 0.820. The van der Waals surface area contributed by atoms with Crippen molar-refractivity contribution >= 4 is 28.8 Å². The predicted molar refractivity (Wildman–Crippen MR) is 96.7 cm³/mol. The van der Waals surface area contributed by atoms with Crippen molar-refractivity contribution < 1.29 is 9.18 Å². The average Bonchev–Trinajstić information content (AvgIpc) is 3.16. The molecule has 7 heteroatoms. The largest absolute Gasteiger partial charge is 0.336 e. The van der Waals surface area contributed by atoms with Crippen LogP contribution in [0.25, 0.3) is 0 Å². The van der Waals surface area contributed by atoms with Crippen molar-refractivity contribution in [2.45, 2.75) is 25.8 Å². The molecule has 4 rings (SSSR count). The van der Waals surface area contributed by atoms with Gasteiger partial charge in [-0.05, 0) is 31.4 Å². The van der Waals surface area contributed by atoms with Crippen LogP contribution < -0.4 is 0 Å². The lowest BCUT2D eigenvalue weighted by Crippen LogP contribution is -2.48. The van der Waals surface area contributed by atoms with Gasteiger partial charge in [0.25, 0.3) is 5.91 Å². The molecule has 0 spiro atoms. The molecule has 0 atom stereocenters. The Morgan fingerprint density at radius 2 is 2.04 bits per heavy atom. The number of benzene rings is 1. The van der Waals surface area contributed by atoms with Gasteiger partial charge in [-0.1, -0.05) is 17.7 Å². The highest BCUT2D eigenvalue weighted by Crippen LogP contribution is 2.28. The number of nitrogens with zero attached hydrogens (tertiary/aromatic N) is 3. The van der Waals surface area contributed by atoms with E-state index in [0.717, 1.165) is 26.1 Å². The molecule has 1 aliphatic heterocycles. The minimum Gasteiger partial charge on any atom is -0.336 e. The molecule has 0 bridgehead atoms. The maximum absolute atomic E-state index is 14.0. The lowest BCUT2D eigenvalue weighted by atomic mass is 10.1. The van der Waals surface area contributed by atoms with Crippen molar-refractivity contribution in [2.75, 3.05) is 26.2 Å². The van der Waals surface area contributed by atoms with Gasteiger partial charge >= 0.3 is 0 Å². The van der Waals surface area contributed by atoms with Crippen LogP contribution in [0.3, 0.4) is 0 Å². The van der Waals surface area contributed by atoms with Gasteiger partial charge in [-0.3, -0.25) is 9.69 Å². The standard InChI is InChI=1S/C18H19ClFN3OS/c19-12-3-1-4-13(20)17(12)18(24)23-9-7-22(8-10-23)11-16-21-14-5-2-6-15(14)25-16/h1,3-4H,2,5-11H2. The van der Waals surface area contributed by atoms with Crippen LogP contribution in [-0.2, 0) is 19.4 Å². The van der Waals surface area contributed by atoms with E-state index in [1.807, 2.05) is 11.3 Å². The number of fused-ring (bicyclic) bond motifs is 1. The normalized spacial score (nSPS) is 17.8. The smallest absolute Gasteiger partial charge is 0.258 e. The molecular formula is C18H19ClFN3OS. The zero-order valence-corrected chi connectivity index (χ0v) is 15.4. The van der Waals surface area contributed by atoms with Gasteiger partial charge in [0.1, 0.15) is 10.8 Å². The summed E-state index contributed by atoms with van der Waals surface area (Å²) in [6, 6.07) is 4.34. The molecule has 25 heavy (non-hydrogen) atoms. The van der Waals surface area contributed by atoms with Crippen LogP contribution in [0.15, 0.2) is 18.2 Å². The summed E-state index contributed by atoms with van der Waals surface area (Å²) in [5.74, 6) is -0.881. The molecule has 1 aliphatic carbocycles. The molecule has 2 aromatic rings. The number of rotatable bonds is 3. The van der Waals surface area contributed by atoms with Crippen LogP contribution in [0.1, 0.15) is 32.4 Å². The van der Waals surface area contributed by atoms with Crippen molar-refractivity contribution in [3.8, 4) is 0 Å². The first-order valence-corrected chi connectivity index (χ1v) is 9.74. The van der Waals surface area contributed by atoms with E-state index < -0.39 is 5.82 Å². The Bertz CT molecular complexity index is 760. The molecule has 0 saturated carbocycles. The number of hydrogen-bond acceptors (Lipinski definition) is 4. The summed E-state index contributed by atoms with van der Waals surface area (Å²) in [4.78, 5) is 22.7. The third-order valence-electron chi connectivity index (χ3n) is 4.83. The number of thiazole rings is 1. The topological polar surface area (TPSA) is 36.4 Å². The number of aromatic nitrogens is 1. The van der Waals surface area contributed by atoms with Crippen LogP contribution in [0.5, 0.6) is 0 Å². The first-order chi connectivity index (χ1) is 12.1. The van der Waals surface area contributed by atoms with Gasteiger partial charge in [0.2, 0.25) is 0 Å². The Morgan fingerprint density at radius 3 is 2.76 bits per heavy atom. The third-order valence-corrected chi connectivity index (χ3v) is 6.29. The zero-order chi connectivity index (χ0) is 17.4. The van der Waals surface area contributed by atoms with Crippen molar-refractivity contribution in [3.63, 3.8) is 0 Å². The molecule has 0 unspecified atom stereocenters. The summed E-state index contributed by atoms with van der Waals surface area (Å²) in [6.45, 7) is 3.52. The molecule has 2 heterocycles. The molecule has 2 aliphatic rings. The molecule has 1 aromatic heterocycles. The lowest BCUT2D eigenvalue weighted by molar-refractivity contribution is 0.0624.